The van der Waals surface area contributed by atoms with Gasteiger partial charge in [0, 0.05) is 42.9 Å². The summed E-state index contributed by atoms with van der Waals surface area (Å²) < 4.78 is 0. The third-order valence-electron chi connectivity index (χ3n) is 4.85. The zero-order valence-electron chi connectivity index (χ0n) is 14.1. The number of pyridine rings is 1. The fourth-order valence-electron chi connectivity index (χ4n) is 3.57. The number of para-hydroxylation sites is 1. The second-order valence-electron chi connectivity index (χ2n) is 6.40. The van der Waals surface area contributed by atoms with Crippen LogP contribution in [0.5, 0.6) is 0 Å². The quantitative estimate of drug-likeness (QED) is 0.748. The molecule has 0 atom stereocenters. The van der Waals surface area contributed by atoms with Crippen molar-refractivity contribution in [2.75, 3.05) is 29.9 Å². The second kappa shape index (κ2) is 6.86. The van der Waals surface area contributed by atoms with Crippen LogP contribution in [0.2, 0.25) is 0 Å². The lowest BCUT2D eigenvalue weighted by atomic mass is 10.1. The summed E-state index contributed by atoms with van der Waals surface area (Å²) in [5, 5.41) is 14.2. The molecule has 1 aliphatic rings. The summed E-state index contributed by atoms with van der Waals surface area (Å²) in [5.41, 5.74) is 4.09. The highest BCUT2D eigenvalue weighted by Crippen LogP contribution is 2.28. The van der Waals surface area contributed by atoms with E-state index in [1.807, 2.05) is 12.1 Å². The molecule has 5 nitrogen and oxygen atoms in total. The number of nitrogens with zero attached hydrogens (tertiary/aromatic N) is 3. The van der Waals surface area contributed by atoms with Gasteiger partial charge in [-0.25, -0.2) is 4.98 Å². The van der Waals surface area contributed by atoms with E-state index in [1.165, 1.54) is 23.8 Å². The summed E-state index contributed by atoms with van der Waals surface area (Å²) in [6.07, 6.45) is 7.12. The summed E-state index contributed by atoms with van der Waals surface area (Å²) in [5.74, 6) is 0.687. The highest BCUT2D eigenvalue weighted by molar-refractivity contribution is 5.83. The first-order valence-electron chi connectivity index (χ1n) is 8.80. The predicted octanol–water partition coefficient (Wildman–Crippen LogP) is 3.69. The molecule has 4 rings (SSSR count). The van der Waals surface area contributed by atoms with Gasteiger partial charge in [0.15, 0.2) is 0 Å². The Bertz CT molecular complexity index is 915. The molecule has 5 heteroatoms. The van der Waals surface area contributed by atoms with Gasteiger partial charge in [-0.3, -0.25) is 0 Å². The highest BCUT2D eigenvalue weighted by Gasteiger charge is 2.18. The number of anilines is 2. The molecule has 0 spiro atoms. The average molecular weight is 331 g/mol. The molecular weight excluding hydrogens is 310 g/mol. The molecule has 3 aromatic rings. The van der Waals surface area contributed by atoms with Crippen LogP contribution in [0.15, 0.2) is 42.7 Å². The molecule has 2 aromatic heterocycles. The van der Waals surface area contributed by atoms with Gasteiger partial charge in [0.1, 0.15) is 17.5 Å². The largest absolute Gasteiger partial charge is 0.370 e. The lowest BCUT2D eigenvalue weighted by molar-refractivity contribution is 0.949. The van der Waals surface area contributed by atoms with Gasteiger partial charge in [-0.05, 0) is 37.0 Å². The van der Waals surface area contributed by atoms with Crippen molar-refractivity contribution in [1.29, 1.82) is 5.26 Å². The minimum absolute atomic E-state index is 0.656. The molecule has 1 fully saturated rings. The topological polar surface area (TPSA) is 67.7 Å². The van der Waals surface area contributed by atoms with Crippen LogP contribution in [0.3, 0.4) is 0 Å². The van der Waals surface area contributed by atoms with Crippen molar-refractivity contribution >= 4 is 22.4 Å². The maximum Gasteiger partial charge on any atom is 0.146 e. The first kappa shape index (κ1) is 15.5. The molecule has 0 saturated carbocycles. The molecule has 0 aliphatic carbocycles. The molecular formula is C20H21N5. The van der Waals surface area contributed by atoms with Crippen LogP contribution in [0, 0.1) is 11.3 Å². The standard InChI is InChI=1S/C20H21N5/c21-13-17-19(25-11-3-4-12-25)8-10-23-20(17)22-9-7-15-14-24-18-6-2-1-5-16(15)18/h1-2,5-6,8,10,14,24H,3-4,7,9,11-12H2,(H,22,23). The predicted molar refractivity (Wildman–Crippen MR) is 101 cm³/mol. The Balaban J connectivity index is 1.49. The molecule has 1 aromatic carbocycles. The Kier molecular flexibility index (Phi) is 4.26. The summed E-state index contributed by atoms with van der Waals surface area (Å²) in [7, 11) is 0. The molecule has 0 amide bonds. The van der Waals surface area contributed by atoms with Gasteiger partial charge in [-0.1, -0.05) is 18.2 Å². The maximum atomic E-state index is 9.62. The lowest BCUT2D eigenvalue weighted by Gasteiger charge is -2.20. The normalized spacial score (nSPS) is 14.0. The Hall–Kier alpha value is -3.00. The van der Waals surface area contributed by atoms with Crippen LogP contribution in [0.25, 0.3) is 10.9 Å². The van der Waals surface area contributed by atoms with E-state index in [-0.39, 0.29) is 0 Å². The minimum atomic E-state index is 0.656. The maximum absolute atomic E-state index is 9.62. The average Bonchev–Trinajstić information content (AvgIpc) is 3.32. The molecule has 1 aliphatic heterocycles. The number of hydrogen-bond donors (Lipinski definition) is 2. The number of nitriles is 1. The van der Waals surface area contributed by atoms with E-state index in [9.17, 15) is 5.26 Å². The van der Waals surface area contributed by atoms with E-state index >= 15 is 0 Å². The summed E-state index contributed by atoms with van der Waals surface area (Å²) in [6, 6.07) is 12.6. The summed E-state index contributed by atoms with van der Waals surface area (Å²) in [4.78, 5) is 9.98. The van der Waals surface area contributed by atoms with Crippen LogP contribution in [0.4, 0.5) is 11.5 Å². The van der Waals surface area contributed by atoms with Crippen molar-refractivity contribution in [3.8, 4) is 6.07 Å². The van der Waals surface area contributed by atoms with Crippen LogP contribution in [-0.2, 0) is 6.42 Å². The fraction of sp³-hybridized carbons (Fsp3) is 0.300. The van der Waals surface area contributed by atoms with Gasteiger partial charge >= 0.3 is 0 Å². The van der Waals surface area contributed by atoms with Crippen LogP contribution in [0.1, 0.15) is 24.0 Å². The molecule has 126 valence electrons. The first-order valence-corrected chi connectivity index (χ1v) is 8.80. The van der Waals surface area contributed by atoms with Crippen LogP contribution in [-0.4, -0.2) is 29.6 Å². The monoisotopic (exact) mass is 331 g/mol. The molecule has 25 heavy (non-hydrogen) atoms. The first-order chi connectivity index (χ1) is 12.4. The highest BCUT2D eigenvalue weighted by atomic mass is 15.2. The van der Waals surface area contributed by atoms with Crippen molar-refractivity contribution in [3.63, 3.8) is 0 Å². The minimum Gasteiger partial charge on any atom is -0.370 e. The third-order valence-corrected chi connectivity index (χ3v) is 4.85. The Morgan fingerprint density at radius 3 is 2.88 bits per heavy atom. The lowest BCUT2D eigenvalue weighted by Crippen LogP contribution is -2.20. The number of hydrogen-bond acceptors (Lipinski definition) is 4. The summed E-state index contributed by atoms with van der Waals surface area (Å²) in [6.45, 7) is 2.79. The van der Waals surface area contributed by atoms with E-state index in [2.05, 4.69) is 50.6 Å². The van der Waals surface area contributed by atoms with Crippen molar-refractivity contribution in [3.05, 3.63) is 53.9 Å². The molecule has 0 bridgehead atoms. The van der Waals surface area contributed by atoms with Crippen LogP contribution < -0.4 is 10.2 Å². The Labute approximate surface area is 147 Å². The smallest absolute Gasteiger partial charge is 0.146 e. The van der Waals surface area contributed by atoms with Gasteiger partial charge in [-0.15, -0.1) is 0 Å². The second-order valence-corrected chi connectivity index (χ2v) is 6.40. The van der Waals surface area contributed by atoms with Gasteiger partial charge in [0.05, 0.1) is 5.69 Å². The Morgan fingerprint density at radius 1 is 1.20 bits per heavy atom. The SMILES string of the molecule is N#Cc1c(N2CCCC2)ccnc1NCCc1c[nH]c2ccccc12. The molecule has 2 N–H and O–H groups in total. The van der Waals surface area contributed by atoms with Crippen LogP contribution >= 0.6 is 0 Å². The molecule has 0 unspecified atom stereocenters. The van der Waals surface area contributed by atoms with E-state index in [0.717, 1.165) is 37.3 Å². The number of benzene rings is 1. The zero-order valence-corrected chi connectivity index (χ0v) is 14.1. The van der Waals surface area contributed by atoms with E-state index in [4.69, 9.17) is 0 Å². The number of aromatic nitrogens is 2. The number of fused-ring (bicyclic) bond motifs is 1. The number of nitrogens with one attached hydrogen (secondary N) is 2. The fourth-order valence-corrected chi connectivity index (χ4v) is 3.57. The molecule has 1 saturated heterocycles. The van der Waals surface area contributed by atoms with Gasteiger partial charge in [-0.2, -0.15) is 5.26 Å². The number of rotatable bonds is 5. The number of aromatic amines is 1. The van der Waals surface area contributed by atoms with Crippen molar-refractivity contribution < 1.29 is 0 Å². The van der Waals surface area contributed by atoms with E-state index in [1.54, 1.807) is 6.20 Å². The van der Waals surface area contributed by atoms with E-state index in [0.29, 0.717) is 11.4 Å². The van der Waals surface area contributed by atoms with Crippen molar-refractivity contribution in [2.24, 2.45) is 0 Å². The molecule has 0 radical (unpaired) electrons. The zero-order chi connectivity index (χ0) is 17.1. The van der Waals surface area contributed by atoms with Crippen molar-refractivity contribution in [1.82, 2.24) is 9.97 Å². The summed E-state index contributed by atoms with van der Waals surface area (Å²) >= 11 is 0. The van der Waals surface area contributed by atoms with Gasteiger partial charge in [0.2, 0.25) is 0 Å². The van der Waals surface area contributed by atoms with Crippen molar-refractivity contribution in [2.45, 2.75) is 19.3 Å². The van der Waals surface area contributed by atoms with Gasteiger partial charge < -0.3 is 15.2 Å². The number of H-pyrrole nitrogens is 1. The van der Waals surface area contributed by atoms with Gasteiger partial charge in [0.25, 0.3) is 0 Å². The molecule has 3 heterocycles. The third kappa shape index (κ3) is 3.03. The van der Waals surface area contributed by atoms with E-state index < -0.39 is 0 Å². The Morgan fingerprint density at radius 2 is 2.04 bits per heavy atom.